The van der Waals surface area contributed by atoms with Gasteiger partial charge in [0.25, 0.3) is 0 Å². The van der Waals surface area contributed by atoms with E-state index in [2.05, 4.69) is 44.2 Å². The number of methoxy groups -OCH3 is 1. The zero-order chi connectivity index (χ0) is 17.8. The maximum Gasteiger partial charge on any atom is 0.216 e. The lowest BCUT2D eigenvalue weighted by atomic mass is 10.1. The molecule has 7 heteroatoms. The quantitative estimate of drug-likeness (QED) is 0.689. The van der Waals surface area contributed by atoms with Crippen molar-refractivity contribution in [2.24, 2.45) is 7.05 Å². The summed E-state index contributed by atoms with van der Waals surface area (Å²) in [5.74, 6) is 1.84. The molecule has 26 heavy (non-hydrogen) atoms. The van der Waals surface area contributed by atoms with E-state index in [1.807, 2.05) is 33.3 Å². The number of aromatic nitrogens is 4. The molecule has 0 atom stereocenters. The minimum absolute atomic E-state index is 0. The highest BCUT2D eigenvalue weighted by atomic mass is 35.5. The van der Waals surface area contributed by atoms with E-state index in [0.29, 0.717) is 0 Å². The topological polar surface area (TPSA) is 56.9 Å². The molecule has 0 amide bonds. The summed E-state index contributed by atoms with van der Waals surface area (Å²) in [5.41, 5.74) is 4.64. The Kier molecular flexibility index (Phi) is 6.83. The molecule has 1 aromatic carbocycles. The zero-order valence-electron chi connectivity index (χ0n) is 15.7. The Morgan fingerprint density at radius 2 is 1.92 bits per heavy atom. The van der Waals surface area contributed by atoms with Gasteiger partial charge in [-0.2, -0.15) is 5.10 Å². The maximum atomic E-state index is 5.44. The maximum absolute atomic E-state index is 5.44. The van der Waals surface area contributed by atoms with Crippen molar-refractivity contribution in [2.45, 2.75) is 33.5 Å². The number of nitrogens with one attached hydrogen (secondary N) is 1. The molecule has 0 aliphatic carbocycles. The summed E-state index contributed by atoms with van der Waals surface area (Å²) in [5, 5.41) is 7.91. The molecule has 0 aliphatic heterocycles. The summed E-state index contributed by atoms with van der Waals surface area (Å²) in [6, 6.07) is 8.64. The SMILES string of the molecule is COc1c(CNCc2cccc(Cn3ccnc3C)c2)c(C)nn1C.Cl. The third kappa shape index (κ3) is 4.45. The van der Waals surface area contributed by atoms with Crippen LogP contribution < -0.4 is 10.1 Å². The fraction of sp³-hybridized carbons (Fsp3) is 0.368. The second kappa shape index (κ2) is 8.87. The third-order valence-corrected chi connectivity index (χ3v) is 4.38. The van der Waals surface area contributed by atoms with Gasteiger partial charge in [-0.15, -0.1) is 12.4 Å². The number of benzene rings is 1. The lowest BCUT2D eigenvalue weighted by Crippen LogP contribution is -2.14. The number of hydrogen-bond acceptors (Lipinski definition) is 4. The van der Waals surface area contributed by atoms with Gasteiger partial charge in [-0.25, -0.2) is 9.67 Å². The number of rotatable bonds is 7. The molecule has 140 valence electrons. The van der Waals surface area contributed by atoms with Crippen molar-refractivity contribution in [3.8, 4) is 5.88 Å². The van der Waals surface area contributed by atoms with Crippen LogP contribution in [0.2, 0.25) is 0 Å². The van der Waals surface area contributed by atoms with Crippen LogP contribution >= 0.6 is 12.4 Å². The van der Waals surface area contributed by atoms with Crippen molar-refractivity contribution in [3.05, 3.63) is 64.9 Å². The fourth-order valence-corrected chi connectivity index (χ4v) is 3.08. The van der Waals surface area contributed by atoms with Crippen LogP contribution in [0.1, 0.15) is 28.2 Å². The molecule has 2 heterocycles. The van der Waals surface area contributed by atoms with Crippen LogP contribution in [0, 0.1) is 13.8 Å². The first-order chi connectivity index (χ1) is 12.1. The molecule has 0 saturated heterocycles. The van der Waals surface area contributed by atoms with E-state index in [-0.39, 0.29) is 12.4 Å². The first-order valence-electron chi connectivity index (χ1n) is 8.41. The minimum Gasteiger partial charge on any atom is -0.481 e. The molecule has 0 saturated carbocycles. The predicted molar refractivity (Wildman–Crippen MR) is 105 cm³/mol. The van der Waals surface area contributed by atoms with Gasteiger partial charge in [-0.05, 0) is 25.0 Å². The average molecular weight is 376 g/mol. The summed E-state index contributed by atoms with van der Waals surface area (Å²) >= 11 is 0. The van der Waals surface area contributed by atoms with Crippen LogP contribution in [-0.4, -0.2) is 26.4 Å². The molecule has 0 bridgehead atoms. The van der Waals surface area contributed by atoms with Gasteiger partial charge in [0.2, 0.25) is 5.88 Å². The molecule has 1 N–H and O–H groups in total. The molecule has 2 aromatic heterocycles. The number of nitrogens with zero attached hydrogens (tertiary/aromatic N) is 4. The Hall–Kier alpha value is -2.31. The third-order valence-electron chi connectivity index (χ3n) is 4.38. The molecular formula is C19H26ClN5O. The Balaban J connectivity index is 0.00000243. The van der Waals surface area contributed by atoms with Gasteiger partial charge in [0.05, 0.1) is 18.4 Å². The Bertz CT molecular complexity index is 855. The van der Waals surface area contributed by atoms with Gasteiger partial charge in [-0.1, -0.05) is 24.3 Å². The fourth-order valence-electron chi connectivity index (χ4n) is 3.08. The van der Waals surface area contributed by atoms with Crippen molar-refractivity contribution >= 4 is 12.4 Å². The first-order valence-corrected chi connectivity index (χ1v) is 8.41. The largest absolute Gasteiger partial charge is 0.481 e. The van der Waals surface area contributed by atoms with Crippen molar-refractivity contribution < 1.29 is 4.74 Å². The number of ether oxygens (including phenoxy) is 1. The number of imidazole rings is 1. The summed E-state index contributed by atoms with van der Waals surface area (Å²) in [4.78, 5) is 4.28. The number of aryl methyl sites for hydroxylation is 3. The van der Waals surface area contributed by atoms with Gasteiger partial charge >= 0.3 is 0 Å². The molecule has 0 aliphatic rings. The van der Waals surface area contributed by atoms with E-state index in [0.717, 1.165) is 42.6 Å². The lowest BCUT2D eigenvalue weighted by molar-refractivity contribution is 0.368. The summed E-state index contributed by atoms with van der Waals surface area (Å²) in [6.45, 7) is 6.40. The van der Waals surface area contributed by atoms with Crippen LogP contribution in [0.5, 0.6) is 5.88 Å². The summed E-state index contributed by atoms with van der Waals surface area (Å²) in [6.07, 6.45) is 3.85. The van der Waals surface area contributed by atoms with Crippen LogP contribution in [0.3, 0.4) is 0 Å². The molecule has 0 fully saturated rings. The minimum atomic E-state index is 0. The molecule has 3 rings (SSSR count). The molecule has 0 radical (unpaired) electrons. The molecule has 0 unspecified atom stereocenters. The highest BCUT2D eigenvalue weighted by Gasteiger charge is 2.13. The van der Waals surface area contributed by atoms with Crippen molar-refractivity contribution in [2.75, 3.05) is 7.11 Å². The second-order valence-electron chi connectivity index (χ2n) is 6.22. The van der Waals surface area contributed by atoms with E-state index in [4.69, 9.17) is 4.74 Å². The zero-order valence-corrected chi connectivity index (χ0v) is 16.5. The van der Waals surface area contributed by atoms with Gasteiger partial charge < -0.3 is 14.6 Å². The van der Waals surface area contributed by atoms with E-state index in [1.165, 1.54) is 11.1 Å². The van der Waals surface area contributed by atoms with E-state index < -0.39 is 0 Å². The molecular weight excluding hydrogens is 350 g/mol. The molecule has 6 nitrogen and oxygen atoms in total. The van der Waals surface area contributed by atoms with Crippen molar-refractivity contribution in [1.29, 1.82) is 0 Å². The van der Waals surface area contributed by atoms with Crippen molar-refractivity contribution in [1.82, 2.24) is 24.6 Å². The Morgan fingerprint density at radius 1 is 1.15 bits per heavy atom. The highest BCUT2D eigenvalue weighted by Crippen LogP contribution is 2.20. The van der Waals surface area contributed by atoms with Gasteiger partial charge in [0.1, 0.15) is 5.82 Å². The summed E-state index contributed by atoms with van der Waals surface area (Å²) in [7, 11) is 3.58. The predicted octanol–water partition coefficient (Wildman–Crippen LogP) is 3.00. The first kappa shape index (κ1) is 20.0. The lowest BCUT2D eigenvalue weighted by Gasteiger charge is -2.09. The molecule has 3 aromatic rings. The monoisotopic (exact) mass is 375 g/mol. The smallest absolute Gasteiger partial charge is 0.216 e. The number of halogens is 1. The summed E-state index contributed by atoms with van der Waals surface area (Å²) < 4.78 is 9.37. The Labute approximate surface area is 160 Å². The normalized spacial score (nSPS) is 10.6. The molecule has 0 spiro atoms. The van der Waals surface area contributed by atoms with Gasteiger partial charge in [-0.3, -0.25) is 0 Å². The second-order valence-corrected chi connectivity index (χ2v) is 6.22. The van der Waals surface area contributed by atoms with E-state index in [1.54, 1.807) is 11.8 Å². The van der Waals surface area contributed by atoms with Crippen LogP contribution in [0.25, 0.3) is 0 Å². The average Bonchev–Trinajstić information content (AvgIpc) is 3.11. The van der Waals surface area contributed by atoms with Crippen LogP contribution in [0.4, 0.5) is 0 Å². The van der Waals surface area contributed by atoms with Gasteiger partial charge in [0, 0.05) is 39.1 Å². The number of hydrogen-bond donors (Lipinski definition) is 1. The highest BCUT2D eigenvalue weighted by molar-refractivity contribution is 5.85. The Morgan fingerprint density at radius 3 is 2.62 bits per heavy atom. The van der Waals surface area contributed by atoms with Crippen molar-refractivity contribution in [3.63, 3.8) is 0 Å². The van der Waals surface area contributed by atoms with Gasteiger partial charge in [0.15, 0.2) is 0 Å². The van der Waals surface area contributed by atoms with E-state index >= 15 is 0 Å². The standard InChI is InChI=1S/C19H25N5O.ClH/c1-14-18(19(25-4)23(3)22-14)12-20-11-16-6-5-7-17(10-16)13-24-9-8-21-15(24)2;/h5-10,20H,11-13H2,1-4H3;1H. The van der Waals surface area contributed by atoms with Crippen LogP contribution in [0.15, 0.2) is 36.7 Å². The van der Waals surface area contributed by atoms with Crippen LogP contribution in [-0.2, 0) is 26.7 Å². The van der Waals surface area contributed by atoms with E-state index in [9.17, 15) is 0 Å².